The summed E-state index contributed by atoms with van der Waals surface area (Å²) in [7, 11) is 0. The largest absolute Gasteiger partial charge is 0.369 e. The average molecular weight is 451 g/mol. The van der Waals surface area contributed by atoms with Gasteiger partial charge >= 0.3 is 0 Å². The predicted octanol–water partition coefficient (Wildman–Crippen LogP) is 3.61. The van der Waals surface area contributed by atoms with Crippen LogP contribution in [0.15, 0.2) is 41.5 Å². The van der Waals surface area contributed by atoms with Gasteiger partial charge < -0.3 is 21.3 Å². The highest BCUT2D eigenvalue weighted by Crippen LogP contribution is 2.32. The van der Waals surface area contributed by atoms with Crippen molar-refractivity contribution >= 4 is 17.5 Å². The summed E-state index contributed by atoms with van der Waals surface area (Å²) in [5, 5.41) is 6.07. The van der Waals surface area contributed by atoms with E-state index in [1.165, 1.54) is 5.57 Å². The van der Waals surface area contributed by atoms with Crippen LogP contribution in [-0.2, 0) is 11.2 Å². The zero-order valence-corrected chi connectivity index (χ0v) is 20.0. The van der Waals surface area contributed by atoms with Gasteiger partial charge in [0.1, 0.15) is 0 Å². The van der Waals surface area contributed by atoms with Crippen LogP contribution in [0.5, 0.6) is 0 Å². The van der Waals surface area contributed by atoms with Gasteiger partial charge in [-0.25, -0.2) is 0 Å². The fraction of sp³-hybridized carbons (Fsp3) is 0.556. The molecule has 178 valence electrons. The first kappa shape index (κ1) is 23.6. The molecule has 0 spiro atoms. The Morgan fingerprint density at radius 1 is 1.09 bits per heavy atom. The Bertz CT molecular complexity index is 943. The zero-order valence-electron chi connectivity index (χ0n) is 20.0. The summed E-state index contributed by atoms with van der Waals surface area (Å²) >= 11 is 0. The number of amides is 2. The van der Waals surface area contributed by atoms with Crippen LogP contribution in [0.1, 0.15) is 74.7 Å². The molecule has 6 nitrogen and oxygen atoms in total. The lowest BCUT2D eigenvalue weighted by Gasteiger charge is -2.38. The van der Waals surface area contributed by atoms with Gasteiger partial charge in [-0.15, -0.1) is 0 Å². The lowest BCUT2D eigenvalue weighted by atomic mass is 9.89. The zero-order chi connectivity index (χ0) is 23.4. The minimum atomic E-state index is -0.110. The van der Waals surface area contributed by atoms with Crippen LogP contribution in [0.2, 0.25) is 0 Å². The van der Waals surface area contributed by atoms with Gasteiger partial charge in [0, 0.05) is 48.0 Å². The summed E-state index contributed by atoms with van der Waals surface area (Å²) in [6.45, 7) is 5.40. The van der Waals surface area contributed by atoms with Crippen LogP contribution in [0.4, 0.5) is 5.69 Å². The molecule has 1 atom stereocenters. The van der Waals surface area contributed by atoms with Crippen molar-refractivity contribution in [3.8, 4) is 0 Å². The second kappa shape index (κ2) is 10.6. The van der Waals surface area contributed by atoms with Crippen molar-refractivity contribution in [2.45, 2.75) is 83.3 Å². The molecule has 1 aliphatic carbocycles. The number of hydrogen-bond donors (Lipinski definition) is 3. The molecule has 1 aromatic rings. The van der Waals surface area contributed by atoms with Gasteiger partial charge in [-0.2, -0.15) is 0 Å². The number of benzene rings is 1. The molecule has 2 heterocycles. The van der Waals surface area contributed by atoms with Crippen molar-refractivity contribution < 1.29 is 9.59 Å². The highest BCUT2D eigenvalue weighted by molar-refractivity contribution is 6.00. The number of rotatable bonds is 3. The summed E-state index contributed by atoms with van der Waals surface area (Å²) in [6.07, 6.45) is 12.0. The Morgan fingerprint density at radius 2 is 1.88 bits per heavy atom. The Labute approximate surface area is 197 Å². The number of carbonyl (C=O) groups is 2. The smallest absolute Gasteiger partial charge is 0.251 e. The molecule has 0 radical (unpaired) electrons. The Balaban J connectivity index is 1.65. The monoisotopic (exact) mass is 450 g/mol. The van der Waals surface area contributed by atoms with Gasteiger partial charge in [-0.1, -0.05) is 23.8 Å². The first-order chi connectivity index (χ1) is 16.0. The van der Waals surface area contributed by atoms with E-state index in [1.807, 2.05) is 19.1 Å². The summed E-state index contributed by atoms with van der Waals surface area (Å²) in [4.78, 5) is 28.4. The van der Waals surface area contributed by atoms with E-state index in [-0.39, 0.29) is 24.4 Å². The molecule has 2 aliphatic heterocycles. The average Bonchev–Trinajstić information content (AvgIpc) is 2.79. The third kappa shape index (κ3) is 5.32. The molecule has 1 fully saturated rings. The number of nitrogens with two attached hydrogens (primary N) is 1. The van der Waals surface area contributed by atoms with Crippen molar-refractivity contribution in [1.29, 1.82) is 0 Å². The molecule has 4 rings (SSSR count). The number of nitrogens with one attached hydrogen (secondary N) is 2. The first-order valence-corrected chi connectivity index (χ1v) is 12.6. The van der Waals surface area contributed by atoms with Crippen LogP contribution in [0.3, 0.4) is 0 Å². The fourth-order valence-corrected chi connectivity index (χ4v) is 5.62. The van der Waals surface area contributed by atoms with Crippen LogP contribution >= 0.6 is 0 Å². The minimum Gasteiger partial charge on any atom is -0.369 e. The molecule has 1 unspecified atom stereocenters. The van der Waals surface area contributed by atoms with E-state index in [2.05, 4.69) is 40.7 Å². The molecule has 4 N–H and O–H groups in total. The van der Waals surface area contributed by atoms with Crippen molar-refractivity contribution in [3.63, 3.8) is 0 Å². The molecule has 2 amide bonds. The predicted molar refractivity (Wildman–Crippen MR) is 133 cm³/mol. The third-order valence-electron chi connectivity index (χ3n) is 7.39. The SMILES string of the molecule is CCN(c1cccc2c1C/C=C\CCC1=C(CNC2=O)C(=O)NC(C)C1)C1CCC(N)CC1. The van der Waals surface area contributed by atoms with Gasteiger partial charge in [0.15, 0.2) is 0 Å². The number of fused-ring (bicyclic) bond motifs is 1. The maximum absolute atomic E-state index is 13.3. The summed E-state index contributed by atoms with van der Waals surface area (Å²) in [5.41, 5.74) is 11.0. The van der Waals surface area contributed by atoms with E-state index in [0.717, 1.165) is 74.7 Å². The molecule has 0 bridgehead atoms. The van der Waals surface area contributed by atoms with Crippen molar-refractivity contribution in [3.05, 3.63) is 52.6 Å². The first-order valence-electron chi connectivity index (χ1n) is 12.6. The van der Waals surface area contributed by atoms with Gasteiger partial charge in [0.05, 0.1) is 0 Å². The van der Waals surface area contributed by atoms with E-state index in [4.69, 9.17) is 5.73 Å². The van der Waals surface area contributed by atoms with Crippen molar-refractivity contribution in [1.82, 2.24) is 10.6 Å². The fourth-order valence-electron chi connectivity index (χ4n) is 5.62. The minimum absolute atomic E-state index is 0.0493. The van der Waals surface area contributed by atoms with Crippen LogP contribution in [0.25, 0.3) is 0 Å². The molecule has 0 aromatic heterocycles. The Morgan fingerprint density at radius 3 is 2.64 bits per heavy atom. The highest BCUT2D eigenvalue weighted by atomic mass is 16.2. The second-order valence-corrected chi connectivity index (χ2v) is 9.72. The van der Waals surface area contributed by atoms with Gasteiger partial charge in [0.25, 0.3) is 5.91 Å². The molecular weight excluding hydrogens is 412 g/mol. The Kier molecular flexibility index (Phi) is 7.53. The summed E-state index contributed by atoms with van der Waals surface area (Å²) in [5.74, 6) is -0.160. The normalized spacial score (nSPS) is 27.3. The van der Waals surface area contributed by atoms with Crippen molar-refractivity contribution in [2.75, 3.05) is 18.0 Å². The quantitative estimate of drug-likeness (QED) is 0.614. The maximum atomic E-state index is 13.3. The Hall–Kier alpha value is -2.60. The number of hydrogen-bond acceptors (Lipinski definition) is 4. The third-order valence-corrected chi connectivity index (χ3v) is 7.39. The van der Waals surface area contributed by atoms with Gasteiger partial charge in [0.2, 0.25) is 5.91 Å². The van der Waals surface area contributed by atoms with E-state index in [0.29, 0.717) is 17.6 Å². The number of nitrogens with zero attached hydrogens (tertiary/aromatic N) is 1. The molecule has 1 aromatic carbocycles. The number of allylic oxidation sites excluding steroid dienone is 2. The standard InChI is InChI=1S/C27H38N4O2/c1-3-31(21-14-12-20(28)13-15-21)25-11-7-10-23-22(25)9-6-4-5-8-19-16-18(2)30-27(33)24(19)17-29-26(23)32/h4,6-7,10-11,18,20-21H,3,5,8-9,12-17,28H2,1-2H3,(H,29,32)(H,30,33)/b6-4-. The van der Waals surface area contributed by atoms with Crippen molar-refractivity contribution in [2.24, 2.45) is 5.73 Å². The number of anilines is 1. The van der Waals surface area contributed by atoms with Gasteiger partial charge in [-0.3, -0.25) is 9.59 Å². The summed E-state index contributed by atoms with van der Waals surface area (Å²) < 4.78 is 0. The summed E-state index contributed by atoms with van der Waals surface area (Å²) in [6, 6.07) is 6.96. The lowest BCUT2D eigenvalue weighted by molar-refractivity contribution is -0.118. The van der Waals surface area contributed by atoms with Gasteiger partial charge in [-0.05, 0) is 82.9 Å². The maximum Gasteiger partial charge on any atom is 0.251 e. The van der Waals surface area contributed by atoms with E-state index >= 15 is 0 Å². The van der Waals surface area contributed by atoms with E-state index in [1.54, 1.807) is 0 Å². The molecule has 6 heteroatoms. The molecular formula is C27H38N4O2. The molecule has 33 heavy (non-hydrogen) atoms. The van der Waals surface area contributed by atoms with Crippen LogP contribution in [-0.4, -0.2) is 43.0 Å². The molecule has 1 saturated carbocycles. The highest BCUT2D eigenvalue weighted by Gasteiger charge is 2.28. The van der Waals surface area contributed by atoms with Crippen LogP contribution in [0, 0.1) is 0 Å². The lowest BCUT2D eigenvalue weighted by Crippen LogP contribution is -2.42. The second-order valence-electron chi connectivity index (χ2n) is 9.72. The molecule has 3 aliphatic rings. The molecule has 0 saturated heterocycles. The van der Waals surface area contributed by atoms with E-state index < -0.39 is 0 Å². The number of carbonyl (C=O) groups excluding carboxylic acids is 2. The topological polar surface area (TPSA) is 87.5 Å². The van der Waals surface area contributed by atoms with Crippen LogP contribution < -0.4 is 21.3 Å². The van der Waals surface area contributed by atoms with E-state index in [9.17, 15) is 9.59 Å².